The first-order chi connectivity index (χ1) is 9.53. The zero-order valence-electron chi connectivity index (χ0n) is 12.5. The van der Waals surface area contributed by atoms with Crippen molar-refractivity contribution in [1.29, 1.82) is 0 Å². The van der Waals surface area contributed by atoms with E-state index < -0.39 is 0 Å². The van der Waals surface area contributed by atoms with Crippen LogP contribution in [0.4, 0.5) is 5.69 Å². The van der Waals surface area contributed by atoms with Crippen LogP contribution in [0, 0.1) is 0 Å². The van der Waals surface area contributed by atoms with Gasteiger partial charge in [0.1, 0.15) is 5.69 Å². The molecule has 0 atom stereocenters. The molecule has 1 saturated carbocycles. The van der Waals surface area contributed by atoms with Gasteiger partial charge in [-0.15, -0.1) is 0 Å². The van der Waals surface area contributed by atoms with E-state index in [2.05, 4.69) is 23.7 Å². The molecule has 2 heterocycles. The number of ether oxygens (including phenoxy) is 1. The quantitative estimate of drug-likeness (QED) is 0.778. The molecule has 0 saturated heterocycles. The zero-order valence-corrected chi connectivity index (χ0v) is 12.5. The summed E-state index contributed by atoms with van der Waals surface area (Å²) in [4.78, 5) is 18.7. The molecule has 0 radical (unpaired) electrons. The highest BCUT2D eigenvalue weighted by atomic mass is 16.5. The van der Waals surface area contributed by atoms with Gasteiger partial charge < -0.3 is 9.64 Å². The average molecular weight is 274 g/mol. The highest BCUT2D eigenvalue weighted by Crippen LogP contribution is 2.42. The molecule has 1 aliphatic carbocycles. The van der Waals surface area contributed by atoms with Crippen LogP contribution in [0.3, 0.4) is 0 Å². The van der Waals surface area contributed by atoms with Crippen LogP contribution in [0.1, 0.15) is 55.7 Å². The summed E-state index contributed by atoms with van der Waals surface area (Å²) in [5, 5.41) is 0. The van der Waals surface area contributed by atoms with Gasteiger partial charge in [-0.1, -0.05) is 26.7 Å². The van der Waals surface area contributed by atoms with E-state index in [0.29, 0.717) is 11.7 Å². The van der Waals surface area contributed by atoms with Gasteiger partial charge in [0.25, 0.3) is 0 Å². The molecule has 20 heavy (non-hydrogen) atoms. The number of carbonyl (C=O) groups is 1. The molecule has 1 aliphatic heterocycles. The molecule has 1 aromatic rings. The summed E-state index contributed by atoms with van der Waals surface area (Å²) in [5.41, 5.74) is 2.64. The minimum atomic E-state index is -0.358. The molecule has 0 aromatic carbocycles. The SMILES string of the molecule is COC(=O)c1ccc2c(n1)C(C)(C)CN2C1CCCC1. The molecular formula is C16H22N2O2. The highest BCUT2D eigenvalue weighted by Gasteiger charge is 2.40. The number of anilines is 1. The van der Waals surface area contributed by atoms with Crippen LogP contribution in [0.2, 0.25) is 0 Å². The van der Waals surface area contributed by atoms with Gasteiger partial charge in [0.15, 0.2) is 0 Å². The van der Waals surface area contributed by atoms with Gasteiger partial charge in [0.05, 0.1) is 18.5 Å². The van der Waals surface area contributed by atoms with Crippen molar-refractivity contribution < 1.29 is 9.53 Å². The van der Waals surface area contributed by atoms with Gasteiger partial charge in [-0.25, -0.2) is 9.78 Å². The molecule has 4 heteroatoms. The van der Waals surface area contributed by atoms with Crippen LogP contribution in [-0.4, -0.2) is 30.6 Å². The molecular weight excluding hydrogens is 252 g/mol. The number of aromatic nitrogens is 1. The Morgan fingerprint density at radius 2 is 2.05 bits per heavy atom. The number of pyridine rings is 1. The molecule has 3 rings (SSSR count). The summed E-state index contributed by atoms with van der Waals surface area (Å²) in [7, 11) is 1.40. The lowest BCUT2D eigenvalue weighted by Gasteiger charge is -2.28. The van der Waals surface area contributed by atoms with Crippen molar-refractivity contribution in [2.24, 2.45) is 0 Å². The van der Waals surface area contributed by atoms with Gasteiger partial charge in [0, 0.05) is 18.0 Å². The van der Waals surface area contributed by atoms with E-state index >= 15 is 0 Å². The number of fused-ring (bicyclic) bond motifs is 1. The maximum absolute atomic E-state index is 11.7. The number of esters is 1. The minimum absolute atomic E-state index is 0.0119. The van der Waals surface area contributed by atoms with Crippen LogP contribution < -0.4 is 4.90 Å². The number of hydrogen-bond donors (Lipinski definition) is 0. The number of carbonyl (C=O) groups excluding carboxylic acids is 1. The molecule has 0 spiro atoms. The van der Waals surface area contributed by atoms with E-state index in [1.165, 1.54) is 38.5 Å². The van der Waals surface area contributed by atoms with E-state index in [4.69, 9.17) is 4.74 Å². The first kappa shape index (κ1) is 13.4. The maximum Gasteiger partial charge on any atom is 0.356 e. The molecule has 0 unspecified atom stereocenters. The number of methoxy groups -OCH3 is 1. The third-order valence-corrected chi connectivity index (χ3v) is 4.55. The topological polar surface area (TPSA) is 42.4 Å². The van der Waals surface area contributed by atoms with Crippen molar-refractivity contribution in [2.45, 2.75) is 51.0 Å². The van der Waals surface area contributed by atoms with E-state index in [-0.39, 0.29) is 11.4 Å². The Balaban J connectivity index is 1.99. The third-order valence-electron chi connectivity index (χ3n) is 4.55. The molecule has 0 N–H and O–H groups in total. The molecule has 0 amide bonds. The summed E-state index contributed by atoms with van der Waals surface area (Å²) in [6.45, 7) is 5.40. The predicted molar refractivity (Wildman–Crippen MR) is 78.2 cm³/mol. The largest absolute Gasteiger partial charge is 0.464 e. The predicted octanol–water partition coefficient (Wildman–Crippen LogP) is 2.91. The van der Waals surface area contributed by atoms with E-state index in [0.717, 1.165) is 12.2 Å². The van der Waals surface area contributed by atoms with E-state index in [1.807, 2.05) is 6.07 Å². The molecule has 2 aliphatic rings. The number of rotatable bonds is 2. The minimum Gasteiger partial charge on any atom is -0.464 e. The van der Waals surface area contributed by atoms with Crippen molar-refractivity contribution in [3.8, 4) is 0 Å². The zero-order chi connectivity index (χ0) is 14.3. The van der Waals surface area contributed by atoms with Crippen LogP contribution in [-0.2, 0) is 10.2 Å². The second-order valence-electron chi connectivity index (χ2n) is 6.51. The second kappa shape index (κ2) is 4.76. The first-order valence-corrected chi connectivity index (χ1v) is 7.39. The lowest BCUT2D eigenvalue weighted by Crippen LogP contribution is -2.35. The fourth-order valence-electron chi connectivity index (χ4n) is 3.53. The number of nitrogens with zero attached hydrogens (tertiary/aromatic N) is 2. The van der Waals surface area contributed by atoms with Gasteiger partial charge >= 0.3 is 5.97 Å². The summed E-state index contributed by atoms with van der Waals surface area (Å²) in [5.74, 6) is -0.358. The van der Waals surface area contributed by atoms with Gasteiger partial charge in [-0.3, -0.25) is 0 Å². The summed E-state index contributed by atoms with van der Waals surface area (Å²) in [6.07, 6.45) is 5.19. The van der Waals surface area contributed by atoms with Crippen molar-refractivity contribution >= 4 is 11.7 Å². The fraction of sp³-hybridized carbons (Fsp3) is 0.625. The van der Waals surface area contributed by atoms with Crippen LogP contribution in [0.15, 0.2) is 12.1 Å². The Morgan fingerprint density at radius 3 is 2.70 bits per heavy atom. The Morgan fingerprint density at radius 1 is 1.35 bits per heavy atom. The number of hydrogen-bond acceptors (Lipinski definition) is 4. The third kappa shape index (κ3) is 2.07. The Labute approximate surface area is 120 Å². The monoisotopic (exact) mass is 274 g/mol. The Bertz CT molecular complexity index is 533. The van der Waals surface area contributed by atoms with Crippen molar-refractivity contribution in [3.63, 3.8) is 0 Å². The summed E-state index contributed by atoms with van der Waals surface area (Å²) >= 11 is 0. The van der Waals surface area contributed by atoms with Gasteiger partial charge in [0.2, 0.25) is 0 Å². The van der Waals surface area contributed by atoms with Crippen LogP contribution in [0.25, 0.3) is 0 Å². The van der Waals surface area contributed by atoms with E-state index in [1.54, 1.807) is 6.07 Å². The van der Waals surface area contributed by atoms with E-state index in [9.17, 15) is 4.79 Å². The van der Waals surface area contributed by atoms with Crippen molar-refractivity contribution in [1.82, 2.24) is 4.98 Å². The summed E-state index contributed by atoms with van der Waals surface area (Å²) < 4.78 is 4.78. The average Bonchev–Trinajstić information content (AvgIpc) is 3.04. The normalized spacial score (nSPS) is 21.1. The molecule has 1 aromatic heterocycles. The lowest BCUT2D eigenvalue weighted by atomic mass is 9.91. The van der Waals surface area contributed by atoms with Crippen molar-refractivity contribution in [3.05, 3.63) is 23.5 Å². The Hall–Kier alpha value is -1.58. The molecule has 1 fully saturated rings. The second-order valence-corrected chi connectivity index (χ2v) is 6.51. The van der Waals surface area contributed by atoms with Crippen molar-refractivity contribution in [2.75, 3.05) is 18.6 Å². The Kier molecular flexibility index (Phi) is 3.19. The molecule has 4 nitrogen and oxygen atoms in total. The van der Waals surface area contributed by atoms with Crippen LogP contribution >= 0.6 is 0 Å². The fourth-order valence-corrected chi connectivity index (χ4v) is 3.53. The lowest BCUT2D eigenvalue weighted by molar-refractivity contribution is 0.0593. The summed E-state index contributed by atoms with van der Waals surface area (Å²) in [6, 6.07) is 4.47. The molecule has 0 bridgehead atoms. The van der Waals surface area contributed by atoms with Gasteiger partial charge in [-0.05, 0) is 25.0 Å². The van der Waals surface area contributed by atoms with Gasteiger partial charge in [-0.2, -0.15) is 0 Å². The smallest absolute Gasteiger partial charge is 0.356 e. The highest BCUT2D eigenvalue weighted by molar-refractivity contribution is 5.88. The maximum atomic E-state index is 11.7. The standard InChI is InChI=1S/C16H22N2O2/c1-16(2)10-18(11-6-4-5-7-11)13-9-8-12(15(19)20-3)17-14(13)16/h8-9,11H,4-7,10H2,1-3H3. The van der Waals surface area contributed by atoms with Crippen LogP contribution in [0.5, 0.6) is 0 Å². The molecule has 108 valence electrons. The first-order valence-electron chi connectivity index (χ1n) is 7.39.